The molecule has 0 unspecified atom stereocenters. The molecule has 0 bridgehead atoms. The number of ether oxygens (including phenoxy) is 1. The molecule has 0 aliphatic rings. The number of carbonyl (C=O) groups is 2. The second-order valence-electron chi connectivity index (χ2n) is 4.00. The molecule has 0 aliphatic carbocycles. The standard InChI is InChI=1S/C14H14N2O3/c1-16-9-5-8-12(16)13(17)15-11-7-4-3-6-10(11)14(18)19-2/h3-9H,1-2H3,(H,15,17). The first-order valence-electron chi connectivity index (χ1n) is 5.73. The number of rotatable bonds is 3. The second kappa shape index (κ2) is 5.39. The minimum atomic E-state index is -0.484. The monoisotopic (exact) mass is 258 g/mol. The fraction of sp³-hybridized carbons (Fsp3) is 0.143. The topological polar surface area (TPSA) is 60.3 Å². The largest absolute Gasteiger partial charge is 0.465 e. The Bertz CT molecular complexity index is 617. The molecule has 0 aliphatic heterocycles. The van der Waals surface area contributed by atoms with E-state index in [1.807, 2.05) is 0 Å². The van der Waals surface area contributed by atoms with Crippen LogP contribution in [0, 0.1) is 0 Å². The summed E-state index contributed by atoms with van der Waals surface area (Å²) in [5, 5.41) is 2.71. The maximum Gasteiger partial charge on any atom is 0.339 e. The lowest BCUT2D eigenvalue weighted by Crippen LogP contribution is -2.17. The molecule has 0 spiro atoms. The number of methoxy groups -OCH3 is 1. The summed E-state index contributed by atoms with van der Waals surface area (Å²) in [4.78, 5) is 23.7. The highest BCUT2D eigenvalue weighted by molar-refractivity contribution is 6.07. The molecule has 5 heteroatoms. The summed E-state index contributed by atoms with van der Waals surface area (Å²) in [6, 6.07) is 10.2. The van der Waals surface area contributed by atoms with E-state index in [1.54, 1.807) is 54.2 Å². The van der Waals surface area contributed by atoms with Crippen molar-refractivity contribution in [1.29, 1.82) is 0 Å². The molecule has 2 aromatic rings. The fourth-order valence-electron chi connectivity index (χ4n) is 1.76. The number of esters is 1. The maximum atomic E-state index is 12.1. The summed E-state index contributed by atoms with van der Waals surface area (Å²) in [6.45, 7) is 0. The van der Waals surface area contributed by atoms with Crippen molar-refractivity contribution in [2.45, 2.75) is 0 Å². The Balaban J connectivity index is 2.27. The number of benzene rings is 1. The van der Waals surface area contributed by atoms with Gasteiger partial charge in [0.1, 0.15) is 5.69 Å². The number of nitrogens with one attached hydrogen (secondary N) is 1. The van der Waals surface area contributed by atoms with Crippen LogP contribution in [0.4, 0.5) is 5.69 Å². The minimum Gasteiger partial charge on any atom is -0.465 e. The van der Waals surface area contributed by atoms with Crippen LogP contribution in [0.5, 0.6) is 0 Å². The Morgan fingerprint density at radius 1 is 1.16 bits per heavy atom. The number of hydrogen-bond donors (Lipinski definition) is 1. The van der Waals surface area contributed by atoms with E-state index in [1.165, 1.54) is 7.11 Å². The molecule has 0 radical (unpaired) electrons. The maximum absolute atomic E-state index is 12.1. The zero-order valence-corrected chi connectivity index (χ0v) is 10.7. The van der Waals surface area contributed by atoms with Gasteiger partial charge in [-0.15, -0.1) is 0 Å². The summed E-state index contributed by atoms with van der Waals surface area (Å²) >= 11 is 0. The zero-order chi connectivity index (χ0) is 13.8. The van der Waals surface area contributed by atoms with Gasteiger partial charge in [-0.25, -0.2) is 4.79 Å². The summed E-state index contributed by atoms with van der Waals surface area (Å²) in [5.41, 5.74) is 1.27. The minimum absolute atomic E-state index is 0.274. The Morgan fingerprint density at radius 2 is 1.89 bits per heavy atom. The van der Waals surface area contributed by atoms with Gasteiger partial charge in [-0.3, -0.25) is 4.79 Å². The molecule has 1 aromatic carbocycles. The normalized spacial score (nSPS) is 10.0. The Hall–Kier alpha value is -2.56. The quantitative estimate of drug-likeness (QED) is 0.857. The lowest BCUT2D eigenvalue weighted by Gasteiger charge is -2.09. The highest BCUT2D eigenvalue weighted by atomic mass is 16.5. The van der Waals surface area contributed by atoms with Gasteiger partial charge < -0.3 is 14.6 Å². The van der Waals surface area contributed by atoms with E-state index in [9.17, 15) is 9.59 Å². The summed E-state index contributed by atoms with van der Waals surface area (Å²) < 4.78 is 6.38. The Labute approximate surface area is 110 Å². The van der Waals surface area contributed by atoms with Crippen LogP contribution in [-0.2, 0) is 11.8 Å². The number of nitrogens with zero attached hydrogens (tertiary/aromatic N) is 1. The molecule has 1 aromatic heterocycles. The molecule has 0 fully saturated rings. The van der Waals surface area contributed by atoms with Gasteiger partial charge in [0, 0.05) is 13.2 Å². The molecule has 1 amide bonds. The number of hydrogen-bond acceptors (Lipinski definition) is 3. The van der Waals surface area contributed by atoms with Crippen LogP contribution in [-0.4, -0.2) is 23.6 Å². The van der Waals surface area contributed by atoms with E-state index >= 15 is 0 Å². The molecule has 0 atom stereocenters. The fourth-order valence-corrected chi connectivity index (χ4v) is 1.76. The summed E-state index contributed by atoms with van der Waals surface area (Å²) in [7, 11) is 3.08. The van der Waals surface area contributed by atoms with E-state index < -0.39 is 5.97 Å². The smallest absolute Gasteiger partial charge is 0.339 e. The van der Waals surface area contributed by atoms with Crippen LogP contribution in [0.1, 0.15) is 20.8 Å². The molecule has 0 saturated heterocycles. The molecular formula is C14H14N2O3. The second-order valence-corrected chi connectivity index (χ2v) is 4.00. The van der Waals surface area contributed by atoms with Gasteiger partial charge in [-0.1, -0.05) is 12.1 Å². The van der Waals surface area contributed by atoms with Crippen molar-refractivity contribution >= 4 is 17.6 Å². The van der Waals surface area contributed by atoms with Crippen LogP contribution >= 0.6 is 0 Å². The highest BCUT2D eigenvalue weighted by Crippen LogP contribution is 2.17. The van der Waals surface area contributed by atoms with Gasteiger partial charge in [0.15, 0.2) is 0 Å². The molecule has 5 nitrogen and oxygen atoms in total. The van der Waals surface area contributed by atoms with Crippen molar-refractivity contribution in [1.82, 2.24) is 4.57 Å². The molecule has 2 rings (SSSR count). The van der Waals surface area contributed by atoms with Crippen molar-refractivity contribution in [2.75, 3.05) is 12.4 Å². The van der Waals surface area contributed by atoms with Gasteiger partial charge in [-0.05, 0) is 24.3 Å². The van der Waals surface area contributed by atoms with E-state index in [-0.39, 0.29) is 5.91 Å². The third-order valence-electron chi connectivity index (χ3n) is 2.76. The van der Waals surface area contributed by atoms with Crippen molar-refractivity contribution in [3.63, 3.8) is 0 Å². The Morgan fingerprint density at radius 3 is 2.53 bits per heavy atom. The Kier molecular flexibility index (Phi) is 3.66. The van der Waals surface area contributed by atoms with Crippen LogP contribution < -0.4 is 5.32 Å². The third-order valence-corrected chi connectivity index (χ3v) is 2.76. The molecule has 98 valence electrons. The molecule has 1 N–H and O–H groups in total. The van der Waals surface area contributed by atoms with E-state index in [0.29, 0.717) is 16.9 Å². The van der Waals surface area contributed by atoms with Crippen molar-refractivity contribution in [3.8, 4) is 0 Å². The van der Waals surface area contributed by atoms with E-state index in [2.05, 4.69) is 10.1 Å². The predicted octanol–water partition coefficient (Wildman–Crippen LogP) is 2.06. The number of amides is 1. The van der Waals surface area contributed by atoms with Crippen LogP contribution in [0.15, 0.2) is 42.6 Å². The van der Waals surface area contributed by atoms with E-state index in [0.717, 1.165) is 0 Å². The molecular weight excluding hydrogens is 244 g/mol. The van der Waals surface area contributed by atoms with Crippen molar-refractivity contribution < 1.29 is 14.3 Å². The molecule has 0 saturated carbocycles. The van der Waals surface area contributed by atoms with Crippen LogP contribution in [0.3, 0.4) is 0 Å². The SMILES string of the molecule is COC(=O)c1ccccc1NC(=O)c1cccn1C. The third kappa shape index (κ3) is 2.65. The van der Waals surface area contributed by atoms with Crippen molar-refractivity contribution in [2.24, 2.45) is 7.05 Å². The first-order chi connectivity index (χ1) is 9.13. The van der Waals surface area contributed by atoms with Gasteiger partial charge >= 0.3 is 5.97 Å². The van der Waals surface area contributed by atoms with Gasteiger partial charge in [0.25, 0.3) is 5.91 Å². The van der Waals surface area contributed by atoms with E-state index in [4.69, 9.17) is 0 Å². The van der Waals surface area contributed by atoms with Crippen LogP contribution in [0.2, 0.25) is 0 Å². The summed E-state index contributed by atoms with van der Waals surface area (Å²) in [5.74, 6) is -0.758. The number of aromatic nitrogens is 1. The average Bonchev–Trinajstić information content (AvgIpc) is 2.85. The van der Waals surface area contributed by atoms with Gasteiger partial charge in [0.2, 0.25) is 0 Å². The summed E-state index contributed by atoms with van der Waals surface area (Å²) in [6.07, 6.45) is 1.78. The highest BCUT2D eigenvalue weighted by Gasteiger charge is 2.15. The predicted molar refractivity (Wildman–Crippen MR) is 71.1 cm³/mol. The van der Waals surface area contributed by atoms with Gasteiger partial charge in [-0.2, -0.15) is 0 Å². The first-order valence-corrected chi connectivity index (χ1v) is 5.73. The van der Waals surface area contributed by atoms with Crippen molar-refractivity contribution in [3.05, 3.63) is 53.9 Å². The molecule has 1 heterocycles. The lowest BCUT2D eigenvalue weighted by atomic mass is 10.1. The first kappa shape index (κ1) is 12.9. The number of para-hydroxylation sites is 1. The number of carbonyl (C=O) groups excluding carboxylic acids is 2. The number of anilines is 1. The molecule has 19 heavy (non-hydrogen) atoms. The number of aryl methyl sites for hydroxylation is 1. The average molecular weight is 258 g/mol. The van der Waals surface area contributed by atoms with Gasteiger partial charge in [0.05, 0.1) is 18.4 Å². The zero-order valence-electron chi connectivity index (χ0n) is 10.7. The van der Waals surface area contributed by atoms with Crippen LogP contribution in [0.25, 0.3) is 0 Å². The lowest BCUT2D eigenvalue weighted by molar-refractivity contribution is 0.0602.